The van der Waals surface area contributed by atoms with Crippen LogP contribution in [-0.4, -0.2) is 11.9 Å². The molecule has 0 aliphatic carbocycles. The van der Waals surface area contributed by atoms with Crippen LogP contribution in [0.5, 0.6) is 5.75 Å². The molecule has 0 heterocycles. The number of nitrogens with one attached hydrogen (secondary N) is 1. The molecule has 0 saturated heterocycles. The van der Waals surface area contributed by atoms with Crippen LogP contribution >= 0.6 is 0 Å². The molecule has 1 atom stereocenters. The van der Waals surface area contributed by atoms with E-state index < -0.39 is 11.9 Å². The molecule has 1 unspecified atom stereocenters. The lowest BCUT2D eigenvalue weighted by Crippen LogP contribution is -2.38. The molecule has 0 spiro atoms. The summed E-state index contributed by atoms with van der Waals surface area (Å²) in [7, 11) is 0. The average Bonchev–Trinajstić information content (AvgIpc) is 2.52. The average molecular weight is 302 g/mol. The quantitative estimate of drug-likeness (QED) is 0.825. The maximum Gasteiger partial charge on any atom is 0.234 e. The van der Waals surface area contributed by atoms with Crippen LogP contribution in [0.2, 0.25) is 0 Å². The highest BCUT2D eigenvalue weighted by Crippen LogP contribution is 2.16. The summed E-state index contributed by atoms with van der Waals surface area (Å²) in [5.41, 5.74) is 6.66. The Kier molecular flexibility index (Phi) is 5.49. The zero-order valence-electron chi connectivity index (χ0n) is 12.4. The van der Waals surface area contributed by atoms with Crippen molar-refractivity contribution in [2.75, 3.05) is 0 Å². The highest BCUT2D eigenvalue weighted by Gasteiger charge is 2.07. The van der Waals surface area contributed by atoms with Crippen molar-refractivity contribution in [1.29, 1.82) is 0 Å². The predicted octanol–water partition coefficient (Wildman–Crippen LogP) is 2.37. The number of halogens is 1. The first-order valence-electron chi connectivity index (χ1n) is 7.04. The zero-order chi connectivity index (χ0) is 15.9. The second kappa shape index (κ2) is 7.56. The van der Waals surface area contributed by atoms with Crippen molar-refractivity contribution in [2.45, 2.75) is 26.1 Å². The van der Waals surface area contributed by atoms with Crippen LogP contribution < -0.4 is 15.8 Å². The SMILES string of the molecule is CC(NCc1cccc(OCc2ccccc2F)c1)C(N)=O. The van der Waals surface area contributed by atoms with Gasteiger partial charge in [-0.25, -0.2) is 4.39 Å². The van der Waals surface area contributed by atoms with Gasteiger partial charge in [0.05, 0.1) is 6.04 Å². The Hall–Kier alpha value is -2.40. The van der Waals surface area contributed by atoms with Gasteiger partial charge in [-0.05, 0) is 30.7 Å². The first-order valence-corrected chi connectivity index (χ1v) is 7.04. The number of benzene rings is 2. The maximum absolute atomic E-state index is 13.5. The second-order valence-electron chi connectivity index (χ2n) is 5.03. The largest absolute Gasteiger partial charge is 0.489 e. The van der Waals surface area contributed by atoms with Gasteiger partial charge in [-0.3, -0.25) is 4.79 Å². The Balaban J connectivity index is 1.94. The number of amides is 1. The van der Waals surface area contributed by atoms with Crippen LogP contribution in [0.25, 0.3) is 0 Å². The van der Waals surface area contributed by atoms with Gasteiger partial charge >= 0.3 is 0 Å². The normalized spacial score (nSPS) is 11.9. The van der Waals surface area contributed by atoms with Crippen molar-refractivity contribution in [3.05, 3.63) is 65.5 Å². The van der Waals surface area contributed by atoms with Crippen LogP contribution in [0.15, 0.2) is 48.5 Å². The van der Waals surface area contributed by atoms with Crippen molar-refractivity contribution in [3.63, 3.8) is 0 Å². The molecule has 0 bridgehead atoms. The van der Waals surface area contributed by atoms with Crippen molar-refractivity contribution in [1.82, 2.24) is 5.32 Å². The molecule has 0 aliphatic heterocycles. The Labute approximate surface area is 129 Å². The molecule has 116 valence electrons. The van der Waals surface area contributed by atoms with Gasteiger partial charge in [-0.1, -0.05) is 30.3 Å². The maximum atomic E-state index is 13.5. The van der Waals surface area contributed by atoms with Crippen molar-refractivity contribution in [2.24, 2.45) is 5.73 Å². The summed E-state index contributed by atoms with van der Waals surface area (Å²) >= 11 is 0. The summed E-state index contributed by atoms with van der Waals surface area (Å²) in [6, 6.07) is 13.5. The molecule has 0 aliphatic rings. The molecule has 2 rings (SSSR count). The predicted molar refractivity (Wildman–Crippen MR) is 82.7 cm³/mol. The van der Waals surface area contributed by atoms with Crippen LogP contribution in [0.1, 0.15) is 18.1 Å². The van der Waals surface area contributed by atoms with E-state index in [2.05, 4.69) is 5.32 Å². The number of carbonyl (C=O) groups excluding carboxylic acids is 1. The van der Waals surface area contributed by atoms with E-state index in [0.29, 0.717) is 17.9 Å². The summed E-state index contributed by atoms with van der Waals surface area (Å²) in [6.07, 6.45) is 0. The lowest BCUT2D eigenvalue weighted by atomic mass is 10.2. The summed E-state index contributed by atoms with van der Waals surface area (Å²) in [6.45, 7) is 2.38. The standard InChI is InChI=1S/C17H19FN2O2/c1-12(17(19)21)20-10-13-5-4-7-15(9-13)22-11-14-6-2-3-8-16(14)18/h2-9,12,20H,10-11H2,1H3,(H2,19,21). The molecular formula is C17H19FN2O2. The fourth-order valence-electron chi connectivity index (χ4n) is 1.89. The van der Waals surface area contributed by atoms with E-state index in [-0.39, 0.29) is 12.4 Å². The smallest absolute Gasteiger partial charge is 0.234 e. The van der Waals surface area contributed by atoms with Crippen molar-refractivity contribution >= 4 is 5.91 Å². The van der Waals surface area contributed by atoms with Gasteiger partial charge in [0.1, 0.15) is 18.2 Å². The number of rotatable bonds is 7. The highest BCUT2D eigenvalue weighted by atomic mass is 19.1. The van der Waals surface area contributed by atoms with Crippen molar-refractivity contribution < 1.29 is 13.9 Å². The molecule has 3 N–H and O–H groups in total. The molecule has 22 heavy (non-hydrogen) atoms. The fourth-order valence-corrected chi connectivity index (χ4v) is 1.89. The second-order valence-corrected chi connectivity index (χ2v) is 5.03. The topological polar surface area (TPSA) is 64.3 Å². The van der Waals surface area contributed by atoms with Crippen LogP contribution in [0.4, 0.5) is 4.39 Å². The Morgan fingerprint density at radius 2 is 2.05 bits per heavy atom. The number of hydrogen-bond acceptors (Lipinski definition) is 3. The molecule has 5 heteroatoms. The fraction of sp³-hybridized carbons (Fsp3) is 0.235. The Morgan fingerprint density at radius 3 is 2.77 bits per heavy atom. The molecule has 4 nitrogen and oxygen atoms in total. The molecule has 0 fully saturated rings. The van der Waals surface area contributed by atoms with E-state index >= 15 is 0 Å². The highest BCUT2D eigenvalue weighted by molar-refractivity contribution is 5.79. The van der Waals surface area contributed by atoms with Crippen molar-refractivity contribution in [3.8, 4) is 5.75 Å². The summed E-state index contributed by atoms with van der Waals surface area (Å²) in [4.78, 5) is 11.0. The van der Waals surface area contributed by atoms with Crippen LogP contribution in [0, 0.1) is 5.82 Å². The van der Waals surface area contributed by atoms with Crippen LogP contribution in [-0.2, 0) is 17.9 Å². The van der Waals surface area contributed by atoms with E-state index in [1.54, 1.807) is 25.1 Å². The minimum absolute atomic E-state index is 0.168. The first-order chi connectivity index (χ1) is 10.6. The van der Waals surface area contributed by atoms with Gasteiger partial charge in [0.15, 0.2) is 0 Å². The van der Waals surface area contributed by atoms with E-state index in [1.807, 2.05) is 24.3 Å². The van der Waals surface area contributed by atoms with Gasteiger partial charge in [0.25, 0.3) is 0 Å². The zero-order valence-corrected chi connectivity index (χ0v) is 12.4. The van der Waals surface area contributed by atoms with E-state index in [9.17, 15) is 9.18 Å². The molecule has 0 aromatic heterocycles. The van der Waals surface area contributed by atoms with E-state index in [1.165, 1.54) is 6.07 Å². The minimum atomic E-state index is -0.400. The third-order valence-electron chi connectivity index (χ3n) is 3.29. The lowest BCUT2D eigenvalue weighted by Gasteiger charge is -2.12. The third kappa shape index (κ3) is 4.56. The summed E-state index contributed by atoms with van der Waals surface area (Å²) in [5.74, 6) is -0.0307. The van der Waals surface area contributed by atoms with E-state index in [4.69, 9.17) is 10.5 Å². The van der Waals surface area contributed by atoms with Gasteiger partial charge in [0, 0.05) is 12.1 Å². The number of nitrogens with two attached hydrogens (primary N) is 1. The number of ether oxygens (including phenoxy) is 1. The van der Waals surface area contributed by atoms with E-state index in [0.717, 1.165) is 5.56 Å². The van der Waals surface area contributed by atoms with Gasteiger partial charge in [-0.2, -0.15) is 0 Å². The number of hydrogen-bond donors (Lipinski definition) is 2. The minimum Gasteiger partial charge on any atom is -0.489 e. The summed E-state index contributed by atoms with van der Waals surface area (Å²) < 4.78 is 19.1. The molecule has 0 radical (unpaired) electrons. The number of primary amides is 1. The van der Waals surface area contributed by atoms with Crippen LogP contribution in [0.3, 0.4) is 0 Å². The van der Waals surface area contributed by atoms with Gasteiger partial charge < -0.3 is 15.8 Å². The van der Waals surface area contributed by atoms with Gasteiger partial charge in [-0.15, -0.1) is 0 Å². The monoisotopic (exact) mass is 302 g/mol. The molecule has 2 aromatic rings. The molecule has 2 aromatic carbocycles. The molecular weight excluding hydrogens is 283 g/mol. The first kappa shape index (κ1) is 16.0. The molecule has 1 amide bonds. The third-order valence-corrected chi connectivity index (χ3v) is 3.29. The number of carbonyl (C=O) groups is 1. The Bertz CT molecular complexity index is 646. The Morgan fingerprint density at radius 1 is 1.27 bits per heavy atom. The molecule has 0 saturated carbocycles. The summed E-state index contributed by atoms with van der Waals surface area (Å²) in [5, 5.41) is 3.02. The lowest BCUT2D eigenvalue weighted by molar-refractivity contribution is -0.119. The van der Waals surface area contributed by atoms with Gasteiger partial charge in [0.2, 0.25) is 5.91 Å².